The maximum absolute atomic E-state index is 12.5. The molecule has 1 amide bonds. The van der Waals surface area contributed by atoms with Gasteiger partial charge in [-0.3, -0.25) is 4.79 Å². The molecule has 0 aromatic heterocycles. The molecule has 0 radical (unpaired) electrons. The smallest absolute Gasteiger partial charge is 0.256 e. The van der Waals surface area contributed by atoms with Crippen molar-refractivity contribution in [2.75, 3.05) is 19.0 Å². The van der Waals surface area contributed by atoms with Crippen molar-refractivity contribution in [2.24, 2.45) is 0 Å². The van der Waals surface area contributed by atoms with Gasteiger partial charge in [0.2, 0.25) is 0 Å². The van der Waals surface area contributed by atoms with Crippen molar-refractivity contribution in [2.45, 2.75) is 59.0 Å². The lowest BCUT2D eigenvalue weighted by atomic mass is 9.97. The Balaban J connectivity index is 2.76. The molecule has 4 heteroatoms. The number of rotatable bonds is 9. The molecular formula is C18H29NO3. The molecule has 1 rings (SSSR count). The van der Waals surface area contributed by atoms with Gasteiger partial charge in [0.05, 0.1) is 6.61 Å². The summed E-state index contributed by atoms with van der Waals surface area (Å²) in [6.45, 7) is 8.69. The molecule has 1 N–H and O–H groups in total. The molecule has 0 spiro atoms. The van der Waals surface area contributed by atoms with Crippen molar-refractivity contribution in [3.05, 3.63) is 23.8 Å². The Hall–Kier alpha value is -1.55. The number of amides is 1. The number of carbonyl (C=O) groups excluding carboxylic acids is 1. The van der Waals surface area contributed by atoms with Crippen LogP contribution >= 0.6 is 0 Å². The third kappa shape index (κ3) is 5.02. The van der Waals surface area contributed by atoms with Crippen molar-refractivity contribution in [1.29, 1.82) is 0 Å². The normalized spacial score (nSPS) is 13.5. The van der Waals surface area contributed by atoms with Crippen molar-refractivity contribution >= 4 is 11.6 Å². The Morgan fingerprint density at radius 2 is 2.00 bits per heavy atom. The Kier molecular flexibility index (Phi) is 7.39. The van der Waals surface area contributed by atoms with E-state index in [1.807, 2.05) is 32.0 Å². The number of hydrogen-bond donors (Lipinski definition) is 1. The molecule has 1 aromatic carbocycles. The zero-order valence-electron chi connectivity index (χ0n) is 14.5. The van der Waals surface area contributed by atoms with Gasteiger partial charge < -0.3 is 14.8 Å². The average Bonchev–Trinajstić information content (AvgIpc) is 2.51. The van der Waals surface area contributed by atoms with Gasteiger partial charge in [-0.2, -0.15) is 0 Å². The minimum Gasteiger partial charge on any atom is -0.493 e. The number of methoxy groups -OCH3 is 1. The van der Waals surface area contributed by atoms with Crippen LogP contribution in [0, 0.1) is 6.92 Å². The minimum atomic E-state index is -0.790. The lowest BCUT2D eigenvalue weighted by molar-refractivity contribution is -0.136. The molecule has 124 valence electrons. The van der Waals surface area contributed by atoms with E-state index in [1.165, 1.54) is 0 Å². The molecule has 1 atom stereocenters. The van der Waals surface area contributed by atoms with Gasteiger partial charge in [0.1, 0.15) is 11.4 Å². The van der Waals surface area contributed by atoms with Crippen molar-refractivity contribution in [1.82, 2.24) is 0 Å². The van der Waals surface area contributed by atoms with Crippen LogP contribution in [0.4, 0.5) is 5.69 Å². The summed E-state index contributed by atoms with van der Waals surface area (Å²) >= 11 is 0. The number of hydrogen-bond acceptors (Lipinski definition) is 3. The molecule has 1 aromatic rings. The standard InChI is InChI=1S/C18H29NO3/c1-6-8-11-18(4,21-5)17(20)19-15-9-10-16(14(3)13-15)22-12-7-2/h9-10,13H,6-8,11-12H2,1-5H3,(H,19,20)/t18-/m0/s1. The van der Waals surface area contributed by atoms with E-state index < -0.39 is 5.60 Å². The molecule has 0 aliphatic rings. The monoisotopic (exact) mass is 307 g/mol. The number of aryl methyl sites for hydroxylation is 1. The Morgan fingerprint density at radius 3 is 2.55 bits per heavy atom. The zero-order chi connectivity index (χ0) is 16.6. The van der Waals surface area contributed by atoms with E-state index in [9.17, 15) is 4.79 Å². The maximum atomic E-state index is 12.5. The number of benzene rings is 1. The fourth-order valence-electron chi connectivity index (χ4n) is 2.19. The fourth-order valence-corrected chi connectivity index (χ4v) is 2.19. The number of anilines is 1. The van der Waals surface area contributed by atoms with Crippen LogP contribution in [0.1, 0.15) is 52.0 Å². The van der Waals surface area contributed by atoms with Gasteiger partial charge in [0, 0.05) is 12.8 Å². The summed E-state index contributed by atoms with van der Waals surface area (Å²) in [4.78, 5) is 12.5. The molecule has 0 unspecified atom stereocenters. The van der Waals surface area contributed by atoms with Gasteiger partial charge in [-0.25, -0.2) is 0 Å². The topological polar surface area (TPSA) is 47.6 Å². The van der Waals surface area contributed by atoms with Crippen LogP contribution in [0.3, 0.4) is 0 Å². The van der Waals surface area contributed by atoms with Crippen molar-refractivity contribution in [3.63, 3.8) is 0 Å². The van der Waals surface area contributed by atoms with E-state index in [2.05, 4.69) is 19.2 Å². The largest absolute Gasteiger partial charge is 0.493 e. The summed E-state index contributed by atoms with van der Waals surface area (Å²) in [5.41, 5.74) is 0.992. The van der Waals surface area contributed by atoms with Crippen LogP contribution in [-0.4, -0.2) is 25.2 Å². The lowest BCUT2D eigenvalue weighted by Crippen LogP contribution is -2.41. The van der Waals surface area contributed by atoms with Gasteiger partial charge in [0.15, 0.2) is 0 Å². The molecule has 0 heterocycles. The Labute approximate surface area is 134 Å². The molecule has 22 heavy (non-hydrogen) atoms. The SMILES string of the molecule is CCCC[C@](C)(OC)C(=O)Nc1ccc(OCCC)c(C)c1. The third-order valence-corrected chi connectivity index (χ3v) is 3.83. The van der Waals surface area contributed by atoms with Crippen LogP contribution in [0.5, 0.6) is 5.75 Å². The predicted molar refractivity (Wildman–Crippen MR) is 90.5 cm³/mol. The highest BCUT2D eigenvalue weighted by Gasteiger charge is 2.32. The van der Waals surface area contributed by atoms with E-state index in [-0.39, 0.29) is 5.91 Å². The van der Waals surface area contributed by atoms with Crippen LogP contribution in [0.25, 0.3) is 0 Å². The second-order valence-electron chi connectivity index (χ2n) is 5.82. The Morgan fingerprint density at radius 1 is 1.27 bits per heavy atom. The summed E-state index contributed by atoms with van der Waals surface area (Å²) in [5.74, 6) is 0.755. The molecule has 0 aliphatic carbocycles. The van der Waals surface area contributed by atoms with E-state index in [0.29, 0.717) is 13.0 Å². The van der Waals surface area contributed by atoms with E-state index in [4.69, 9.17) is 9.47 Å². The summed E-state index contributed by atoms with van der Waals surface area (Å²) < 4.78 is 11.1. The zero-order valence-corrected chi connectivity index (χ0v) is 14.5. The quantitative estimate of drug-likeness (QED) is 0.739. The highest BCUT2D eigenvalue weighted by molar-refractivity contribution is 5.97. The second kappa shape index (κ2) is 8.79. The lowest BCUT2D eigenvalue weighted by Gasteiger charge is -2.27. The van der Waals surface area contributed by atoms with Crippen LogP contribution < -0.4 is 10.1 Å². The van der Waals surface area contributed by atoms with Gasteiger partial charge in [-0.1, -0.05) is 26.7 Å². The first-order valence-electron chi connectivity index (χ1n) is 8.07. The van der Waals surface area contributed by atoms with Crippen LogP contribution in [0.2, 0.25) is 0 Å². The minimum absolute atomic E-state index is 0.106. The molecule has 0 bridgehead atoms. The summed E-state index contributed by atoms with van der Waals surface area (Å²) in [5, 5.41) is 2.95. The van der Waals surface area contributed by atoms with Crippen LogP contribution in [-0.2, 0) is 9.53 Å². The van der Waals surface area contributed by atoms with Crippen molar-refractivity contribution < 1.29 is 14.3 Å². The molecule has 0 saturated heterocycles. The summed E-state index contributed by atoms with van der Waals surface area (Å²) in [6, 6.07) is 5.70. The maximum Gasteiger partial charge on any atom is 0.256 e. The molecule has 0 aliphatic heterocycles. The van der Waals surface area contributed by atoms with Gasteiger partial charge >= 0.3 is 0 Å². The highest BCUT2D eigenvalue weighted by Crippen LogP contribution is 2.25. The van der Waals surface area contributed by atoms with E-state index in [1.54, 1.807) is 7.11 Å². The van der Waals surface area contributed by atoms with E-state index in [0.717, 1.165) is 36.3 Å². The predicted octanol–water partition coefficient (Wildman–Crippen LogP) is 4.32. The van der Waals surface area contributed by atoms with Gasteiger partial charge in [0.25, 0.3) is 5.91 Å². The van der Waals surface area contributed by atoms with E-state index >= 15 is 0 Å². The number of carbonyl (C=O) groups is 1. The molecule has 0 saturated carbocycles. The Bertz CT molecular complexity index is 487. The molecule has 0 fully saturated rings. The first-order valence-corrected chi connectivity index (χ1v) is 8.07. The number of ether oxygens (including phenoxy) is 2. The summed E-state index contributed by atoms with van der Waals surface area (Å²) in [6.07, 6.45) is 3.68. The first-order chi connectivity index (χ1) is 10.5. The fraction of sp³-hybridized carbons (Fsp3) is 0.611. The number of unbranched alkanes of at least 4 members (excludes halogenated alkanes) is 1. The molecule has 4 nitrogen and oxygen atoms in total. The van der Waals surface area contributed by atoms with Crippen molar-refractivity contribution in [3.8, 4) is 5.75 Å². The van der Waals surface area contributed by atoms with Gasteiger partial charge in [-0.15, -0.1) is 0 Å². The summed E-state index contributed by atoms with van der Waals surface area (Å²) in [7, 11) is 1.59. The third-order valence-electron chi connectivity index (χ3n) is 3.83. The highest BCUT2D eigenvalue weighted by atomic mass is 16.5. The van der Waals surface area contributed by atoms with Gasteiger partial charge in [-0.05, 0) is 50.5 Å². The molecular weight excluding hydrogens is 278 g/mol. The average molecular weight is 307 g/mol. The first kappa shape index (κ1) is 18.5. The van der Waals surface area contributed by atoms with Crippen LogP contribution in [0.15, 0.2) is 18.2 Å². The second-order valence-corrected chi connectivity index (χ2v) is 5.82. The number of nitrogens with one attached hydrogen (secondary N) is 1.